The molecule has 128 valence electrons. The Morgan fingerprint density at radius 2 is 2.12 bits per heavy atom. The van der Waals surface area contributed by atoms with E-state index in [2.05, 4.69) is 16.0 Å². The van der Waals surface area contributed by atoms with Gasteiger partial charge in [0.15, 0.2) is 0 Å². The number of halogens is 1. The van der Waals surface area contributed by atoms with Crippen LogP contribution in [0.1, 0.15) is 28.8 Å². The third-order valence-corrected chi connectivity index (χ3v) is 4.88. The largest absolute Gasteiger partial charge is 0.346 e. The molecule has 1 aliphatic rings. The molecule has 4 rings (SSSR count). The molecule has 25 heavy (non-hydrogen) atoms. The minimum Gasteiger partial charge on any atom is -0.346 e. The van der Waals surface area contributed by atoms with Crippen LogP contribution in [0.4, 0.5) is 4.39 Å². The number of H-pyrrole nitrogens is 1. The van der Waals surface area contributed by atoms with E-state index < -0.39 is 0 Å². The molecule has 0 aliphatic carbocycles. The van der Waals surface area contributed by atoms with Gasteiger partial charge >= 0.3 is 0 Å². The van der Waals surface area contributed by atoms with Gasteiger partial charge in [-0.05, 0) is 67.1 Å². The van der Waals surface area contributed by atoms with Crippen LogP contribution in [0.25, 0.3) is 11.0 Å². The van der Waals surface area contributed by atoms with Gasteiger partial charge in [-0.25, -0.2) is 9.37 Å². The van der Waals surface area contributed by atoms with Crippen molar-refractivity contribution in [2.75, 3.05) is 13.1 Å². The van der Waals surface area contributed by atoms with Gasteiger partial charge in [-0.1, -0.05) is 0 Å². The number of nitrogens with zero attached hydrogens (tertiary/aromatic N) is 2. The molecule has 3 aromatic rings. The van der Waals surface area contributed by atoms with Crippen LogP contribution < -0.4 is 0 Å². The van der Waals surface area contributed by atoms with Crippen molar-refractivity contribution in [3.05, 3.63) is 65.7 Å². The Morgan fingerprint density at radius 3 is 2.96 bits per heavy atom. The average Bonchev–Trinajstić information content (AvgIpc) is 3.10. The van der Waals surface area contributed by atoms with Crippen molar-refractivity contribution in [1.29, 1.82) is 0 Å². The van der Waals surface area contributed by atoms with E-state index in [1.54, 1.807) is 12.1 Å². The summed E-state index contributed by atoms with van der Waals surface area (Å²) < 4.78 is 13.1. The zero-order valence-corrected chi connectivity index (χ0v) is 13.9. The predicted octanol–water partition coefficient (Wildman–Crippen LogP) is 3.80. The van der Waals surface area contributed by atoms with Gasteiger partial charge in [-0.2, -0.15) is 0 Å². The van der Waals surface area contributed by atoms with Crippen molar-refractivity contribution >= 4 is 16.9 Å². The van der Waals surface area contributed by atoms with E-state index in [9.17, 15) is 9.18 Å². The molecule has 0 bridgehead atoms. The molecule has 1 atom stereocenters. The molecule has 2 aromatic heterocycles. The standard InChI is InChI=1S/C20H20FN3O/c21-18-5-3-16(4-6-18)20(25)24-9-1-2-14(13-24)10-15-11-17-7-8-22-19(17)23-12-15/h3-8,11-12,14H,1-2,9-10,13H2,(H,22,23)/t14-/m0/s1. The van der Waals surface area contributed by atoms with Crippen LogP contribution in [0.2, 0.25) is 0 Å². The third-order valence-electron chi connectivity index (χ3n) is 4.88. The van der Waals surface area contributed by atoms with Gasteiger partial charge in [0.05, 0.1) is 0 Å². The van der Waals surface area contributed by atoms with Gasteiger partial charge in [0.25, 0.3) is 5.91 Å². The summed E-state index contributed by atoms with van der Waals surface area (Å²) in [6, 6.07) is 9.99. The highest BCUT2D eigenvalue weighted by Gasteiger charge is 2.24. The van der Waals surface area contributed by atoms with E-state index in [1.165, 1.54) is 17.7 Å². The van der Waals surface area contributed by atoms with Crippen LogP contribution in [0.5, 0.6) is 0 Å². The molecular formula is C20H20FN3O. The summed E-state index contributed by atoms with van der Waals surface area (Å²) in [5, 5.41) is 1.12. The fourth-order valence-electron chi connectivity index (χ4n) is 3.62. The van der Waals surface area contributed by atoms with Gasteiger partial charge < -0.3 is 9.88 Å². The number of aromatic nitrogens is 2. The molecular weight excluding hydrogens is 317 g/mol. The Balaban J connectivity index is 1.45. The maximum Gasteiger partial charge on any atom is 0.253 e. The molecule has 1 amide bonds. The number of hydrogen-bond acceptors (Lipinski definition) is 2. The zero-order chi connectivity index (χ0) is 17.2. The number of fused-ring (bicyclic) bond motifs is 1. The fraction of sp³-hybridized carbons (Fsp3) is 0.300. The molecule has 3 heterocycles. The van der Waals surface area contributed by atoms with Crippen LogP contribution in [-0.2, 0) is 6.42 Å². The Hall–Kier alpha value is -2.69. The topological polar surface area (TPSA) is 49.0 Å². The lowest BCUT2D eigenvalue weighted by atomic mass is 9.91. The first kappa shape index (κ1) is 15.8. The number of carbonyl (C=O) groups excluding carboxylic acids is 1. The normalized spacial score (nSPS) is 17.8. The van der Waals surface area contributed by atoms with Gasteiger partial charge in [0.2, 0.25) is 0 Å². The Morgan fingerprint density at radius 1 is 1.28 bits per heavy atom. The number of aromatic amines is 1. The molecule has 1 fully saturated rings. The van der Waals surface area contributed by atoms with Crippen molar-refractivity contribution in [3.63, 3.8) is 0 Å². The van der Waals surface area contributed by atoms with Crippen LogP contribution in [-0.4, -0.2) is 33.9 Å². The highest BCUT2D eigenvalue weighted by molar-refractivity contribution is 5.94. The van der Waals surface area contributed by atoms with E-state index in [1.807, 2.05) is 23.4 Å². The van der Waals surface area contributed by atoms with E-state index in [0.717, 1.165) is 43.4 Å². The second-order valence-corrected chi connectivity index (χ2v) is 6.73. The smallest absolute Gasteiger partial charge is 0.253 e. The van der Waals surface area contributed by atoms with E-state index in [0.29, 0.717) is 11.5 Å². The highest BCUT2D eigenvalue weighted by atomic mass is 19.1. The second kappa shape index (κ2) is 6.67. The Kier molecular flexibility index (Phi) is 4.22. The van der Waals surface area contributed by atoms with Gasteiger partial charge in [0, 0.05) is 36.4 Å². The summed E-state index contributed by atoms with van der Waals surface area (Å²) in [5.74, 6) is 0.0981. The first-order chi connectivity index (χ1) is 12.2. The molecule has 1 saturated heterocycles. The average molecular weight is 337 g/mol. The van der Waals surface area contributed by atoms with Crippen LogP contribution in [0.3, 0.4) is 0 Å². The van der Waals surface area contributed by atoms with Crippen molar-refractivity contribution in [1.82, 2.24) is 14.9 Å². The number of likely N-dealkylation sites (tertiary alicyclic amines) is 1. The minimum atomic E-state index is -0.319. The quantitative estimate of drug-likeness (QED) is 0.790. The number of amides is 1. The van der Waals surface area contributed by atoms with Gasteiger partial charge in [-0.3, -0.25) is 4.79 Å². The zero-order valence-electron chi connectivity index (χ0n) is 13.9. The summed E-state index contributed by atoms with van der Waals surface area (Å²) in [4.78, 5) is 22.1. The van der Waals surface area contributed by atoms with E-state index >= 15 is 0 Å². The maximum atomic E-state index is 13.1. The SMILES string of the molecule is O=C(c1ccc(F)cc1)N1CCC[C@@H](Cc2cnc3[nH]ccc3c2)C1. The Labute approximate surface area is 145 Å². The lowest BCUT2D eigenvalue weighted by Gasteiger charge is -2.33. The van der Waals surface area contributed by atoms with Gasteiger partial charge in [0.1, 0.15) is 11.5 Å². The van der Waals surface area contributed by atoms with Crippen LogP contribution in [0, 0.1) is 11.7 Å². The Bertz CT molecular complexity index is 887. The molecule has 0 radical (unpaired) electrons. The molecule has 1 aromatic carbocycles. The number of nitrogens with one attached hydrogen (secondary N) is 1. The summed E-state index contributed by atoms with van der Waals surface area (Å²) in [6.45, 7) is 1.50. The number of rotatable bonds is 3. The van der Waals surface area contributed by atoms with Crippen LogP contribution in [0.15, 0.2) is 48.8 Å². The van der Waals surface area contributed by atoms with E-state index in [4.69, 9.17) is 0 Å². The molecule has 0 spiro atoms. The fourth-order valence-corrected chi connectivity index (χ4v) is 3.62. The first-order valence-corrected chi connectivity index (χ1v) is 8.66. The summed E-state index contributed by atoms with van der Waals surface area (Å²) in [5.41, 5.74) is 2.66. The molecule has 1 N–H and O–H groups in total. The van der Waals surface area contributed by atoms with Gasteiger partial charge in [-0.15, -0.1) is 0 Å². The lowest BCUT2D eigenvalue weighted by Crippen LogP contribution is -2.40. The summed E-state index contributed by atoms with van der Waals surface area (Å²) >= 11 is 0. The van der Waals surface area contributed by atoms with Crippen molar-refractivity contribution in [3.8, 4) is 0 Å². The third kappa shape index (κ3) is 3.40. The van der Waals surface area contributed by atoms with E-state index in [-0.39, 0.29) is 11.7 Å². The molecule has 0 unspecified atom stereocenters. The summed E-state index contributed by atoms with van der Waals surface area (Å²) in [7, 11) is 0. The second-order valence-electron chi connectivity index (χ2n) is 6.73. The van der Waals surface area contributed by atoms with Crippen molar-refractivity contribution < 1.29 is 9.18 Å². The summed E-state index contributed by atoms with van der Waals surface area (Å²) in [6.07, 6.45) is 6.84. The lowest BCUT2D eigenvalue weighted by molar-refractivity contribution is 0.0673. The number of carbonyl (C=O) groups is 1. The molecule has 0 saturated carbocycles. The minimum absolute atomic E-state index is 0.0103. The molecule has 5 heteroatoms. The molecule has 4 nitrogen and oxygen atoms in total. The number of piperidine rings is 1. The monoisotopic (exact) mass is 337 g/mol. The number of hydrogen-bond donors (Lipinski definition) is 1. The van der Waals surface area contributed by atoms with Crippen LogP contribution >= 0.6 is 0 Å². The maximum absolute atomic E-state index is 13.1. The highest BCUT2D eigenvalue weighted by Crippen LogP contribution is 2.23. The number of benzene rings is 1. The predicted molar refractivity (Wildman–Crippen MR) is 94.8 cm³/mol. The van der Waals surface area contributed by atoms with Crippen molar-refractivity contribution in [2.45, 2.75) is 19.3 Å². The number of pyridine rings is 1. The molecule has 1 aliphatic heterocycles. The van der Waals surface area contributed by atoms with Crippen molar-refractivity contribution in [2.24, 2.45) is 5.92 Å². The first-order valence-electron chi connectivity index (χ1n) is 8.66.